The van der Waals surface area contributed by atoms with Gasteiger partial charge < -0.3 is 15.0 Å². The highest BCUT2D eigenvalue weighted by Gasteiger charge is 2.34. The third-order valence-electron chi connectivity index (χ3n) is 5.20. The number of anilines is 1. The Kier molecular flexibility index (Phi) is 5.97. The molecular weight excluding hydrogens is 386 g/mol. The van der Waals surface area contributed by atoms with E-state index in [0.29, 0.717) is 31.1 Å². The number of nitro groups is 1. The summed E-state index contributed by atoms with van der Waals surface area (Å²) in [6, 6.07) is 5.54. The number of halogens is 1. The fourth-order valence-corrected chi connectivity index (χ4v) is 3.44. The maximum absolute atomic E-state index is 12.6. The van der Waals surface area contributed by atoms with Crippen LogP contribution in [-0.4, -0.2) is 59.0 Å². The normalized spacial score (nSPS) is 16.1. The Morgan fingerprint density at radius 3 is 2.54 bits per heavy atom. The first-order chi connectivity index (χ1) is 13.3. The van der Waals surface area contributed by atoms with Gasteiger partial charge in [0.1, 0.15) is 5.02 Å². The highest BCUT2D eigenvalue weighted by atomic mass is 35.5. The number of benzene rings is 1. The van der Waals surface area contributed by atoms with E-state index in [2.05, 4.69) is 15.3 Å². The SMILES string of the molecule is CN(C)C1(CNc2cnn(-c3ccc([N+](=O)[O-])cc3)c(=O)c2Cl)CCOCC1. The van der Waals surface area contributed by atoms with Gasteiger partial charge in [0.25, 0.3) is 11.2 Å². The fraction of sp³-hybridized carbons (Fsp3) is 0.444. The van der Waals surface area contributed by atoms with E-state index >= 15 is 0 Å². The lowest BCUT2D eigenvalue weighted by atomic mass is 9.88. The number of rotatable bonds is 6. The zero-order chi connectivity index (χ0) is 20.3. The molecule has 1 N–H and O–H groups in total. The smallest absolute Gasteiger partial charge is 0.292 e. The van der Waals surface area contributed by atoms with E-state index in [0.717, 1.165) is 17.5 Å². The molecule has 1 saturated heterocycles. The monoisotopic (exact) mass is 407 g/mol. The van der Waals surface area contributed by atoms with E-state index in [9.17, 15) is 14.9 Å². The molecule has 0 spiro atoms. The van der Waals surface area contributed by atoms with Crippen molar-refractivity contribution in [2.75, 3.05) is 39.2 Å². The minimum Gasteiger partial charge on any atom is -0.381 e. The number of likely N-dealkylation sites (N-methyl/N-ethyl adjacent to an activating group) is 1. The molecule has 3 rings (SSSR count). The van der Waals surface area contributed by atoms with E-state index in [4.69, 9.17) is 16.3 Å². The number of nitrogens with zero attached hydrogens (tertiary/aromatic N) is 4. The number of non-ortho nitro benzene ring substituents is 1. The summed E-state index contributed by atoms with van der Waals surface area (Å²) in [5.74, 6) is 0. The molecule has 10 heteroatoms. The second-order valence-corrected chi connectivity index (χ2v) is 7.33. The molecule has 1 aliphatic rings. The van der Waals surface area contributed by atoms with Crippen molar-refractivity contribution in [2.45, 2.75) is 18.4 Å². The first-order valence-electron chi connectivity index (χ1n) is 8.86. The van der Waals surface area contributed by atoms with Crippen LogP contribution in [-0.2, 0) is 4.74 Å². The number of hydrogen-bond donors (Lipinski definition) is 1. The number of nitrogens with one attached hydrogen (secondary N) is 1. The van der Waals surface area contributed by atoms with Gasteiger partial charge in [-0.3, -0.25) is 14.9 Å². The van der Waals surface area contributed by atoms with Crippen molar-refractivity contribution in [3.05, 3.63) is 56.0 Å². The van der Waals surface area contributed by atoms with Crippen LogP contribution in [0.2, 0.25) is 5.02 Å². The van der Waals surface area contributed by atoms with Gasteiger partial charge in [0.15, 0.2) is 0 Å². The van der Waals surface area contributed by atoms with Crippen molar-refractivity contribution in [2.24, 2.45) is 0 Å². The predicted octanol–water partition coefficient (Wildman–Crippen LogP) is 2.32. The van der Waals surface area contributed by atoms with Gasteiger partial charge in [-0.25, -0.2) is 0 Å². The predicted molar refractivity (Wildman–Crippen MR) is 106 cm³/mol. The minimum absolute atomic E-state index is 0.0225. The van der Waals surface area contributed by atoms with Gasteiger partial charge >= 0.3 is 0 Å². The van der Waals surface area contributed by atoms with Crippen molar-refractivity contribution in [3.63, 3.8) is 0 Å². The first kappa shape index (κ1) is 20.2. The lowest BCUT2D eigenvalue weighted by molar-refractivity contribution is -0.384. The summed E-state index contributed by atoms with van der Waals surface area (Å²) in [7, 11) is 4.05. The Bertz CT molecular complexity index is 907. The molecule has 28 heavy (non-hydrogen) atoms. The third-order valence-corrected chi connectivity index (χ3v) is 5.57. The first-order valence-corrected chi connectivity index (χ1v) is 9.23. The summed E-state index contributed by atoms with van der Waals surface area (Å²) in [6.07, 6.45) is 3.24. The topological polar surface area (TPSA) is 103 Å². The molecular formula is C18H22ClN5O4. The maximum Gasteiger partial charge on any atom is 0.292 e. The third kappa shape index (κ3) is 4.01. The molecule has 0 amide bonds. The van der Waals surface area contributed by atoms with E-state index in [1.54, 1.807) is 0 Å². The molecule has 0 atom stereocenters. The summed E-state index contributed by atoms with van der Waals surface area (Å²) < 4.78 is 6.59. The number of ether oxygens (including phenoxy) is 1. The minimum atomic E-state index is -0.503. The molecule has 0 aliphatic carbocycles. The van der Waals surface area contributed by atoms with Crippen molar-refractivity contribution < 1.29 is 9.66 Å². The summed E-state index contributed by atoms with van der Waals surface area (Å²) >= 11 is 6.29. The second kappa shape index (κ2) is 8.26. The largest absolute Gasteiger partial charge is 0.381 e. The lowest BCUT2D eigenvalue weighted by Crippen LogP contribution is -2.53. The lowest BCUT2D eigenvalue weighted by Gasteiger charge is -2.43. The molecule has 2 aromatic rings. The highest BCUT2D eigenvalue weighted by Crippen LogP contribution is 2.27. The average molecular weight is 408 g/mol. The zero-order valence-corrected chi connectivity index (χ0v) is 16.5. The van der Waals surface area contributed by atoms with Crippen LogP contribution >= 0.6 is 11.6 Å². The molecule has 0 bridgehead atoms. The summed E-state index contributed by atoms with van der Waals surface area (Å²) in [5, 5.41) is 18.2. The van der Waals surface area contributed by atoms with Gasteiger partial charge in [-0.15, -0.1) is 0 Å². The fourth-order valence-electron chi connectivity index (χ4n) is 3.25. The Morgan fingerprint density at radius 1 is 1.32 bits per heavy atom. The molecule has 2 heterocycles. The summed E-state index contributed by atoms with van der Waals surface area (Å²) in [4.78, 5) is 25.1. The Hall–Kier alpha value is -2.49. The van der Waals surface area contributed by atoms with Gasteiger partial charge in [0.2, 0.25) is 0 Å². The molecule has 150 valence electrons. The van der Waals surface area contributed by atoms with E-state index < -0.39 is 10.5 Å². The second-order valence-electron chi connectivity index (χ2n) is 6.95. The quantitative estimate of drug-likeness (QED) is 0.579. The van der Waals surface area contributed by atoms with Crippen LogP contribution in [0.25, 0.3) is 5.69 Å². The molecule has 0 unspecified atom stereocenters. The molecule has 0 saturated carbocycles. The molecule has 1 aliphatic heterocycles. The van der Waals surface area contributed by atoms with Gasteiger partial charge in [-0.2, -0.15) is 9.78 Å². The maximum atomic E-state index is 12.6. The van der Waals surface area contributed by atoms with Crippen molar-refractivity contribution in [1.29, 1.82) is 0 Å². The van der Waals surface area contributed by atoms with Crippen molar-refractivity contribution in [3.8, 4) is 5.69 Å². The number of hydrogen-bond acceptors (Lipinski definition) is 7. The van der Waals surface area contributed by atoms with E-state index in [1.165, 1.54) is 30.5 Å². The summed E-state index contributed by atoms with van der Waals surface area (Å²) in [6.45, 7) is 1.98. The van der Waals surface area contributed by atoms with Crippen LogP contribution in [0.5, 0.6) is 0 Å². The Morgan fingerprint density at radius 2 is 1.96 bits per heavy atom. The van der Waals surface area contributed by atoms with Crippen molar-refractivity contribution in [1.82, 2.24) is 14.7 Å². The summed E-state index contributed by atoms with van der Waals surface area (Å²) in [5.41, 5.74) is 0.211. The van der Waals surface area contributed by atoms with Crippen LogP contribution < -0.4 is 10.9 Å². The zero-order valence-electron chi connectivity index (χ0n) is 15.7. The molecule has 1 aromatic carbocycles. The van der Waals surface area contributed by atoms with E-state index in [-0.39, 0.29) is 16.2 Å². The Balaban J connectivity index is 1.82. The van der Waals surface area contributed by atoms with Gasteiger partial charge in [0.05, 0.1) is 22.5 Å². The van der Waals surface area contributed by atoms with E-state index in [1.807, 2.05) is 14.1 Å². The van der Waals surface area contributed by atoms with Crippen molar-refractivity contribution >= 4 is 23.0 Å². The number of aromatic nitrogens is 2. The number of nitro benzene ring substituents is 1. The Labute approximate surface area is 167 Å². The van der Waals surface area contributed by atoms with Gasteiger partial charge in [-0.1, -0.05) is 11.6 Å². The molecule has 0 radical (unpaired) electrons. The van der Waals surface area contributed by atoms with Gasteiger partial charge in [0, 0.05) is 37.4 Å². The van der Waals surface area contributed by atoms with Crippen LogP contribution in [0, 0.1) is 10.1 Å². The molecule has 9 nitrogen and oxygen atoms in total. The van der Waals surface area contributed by atoms with Crippen LogP contribution in [0.15, 0.2) is 35.3 Å². The van der Waals surface area contributed by atoms with Crippen LogP contribution in [0.3, 0.4) is 0 Å². The van der Waals surface area contributed by atoms with Gasteiger partial charge in [-0.05, 0) is 39.1 Å². The van der Waals surface area contributed by atoms with Crippen LogP contribution in [0.1, 0.15) is 12.8 Å². The van der Waals surface area contributed by atoms with Crippen LogP contribution in [0.4, 0.5) is 11.4 Å². The molecule has 1 aromatic heterocycles. The standard InChI is InChI=1S/C18H22ClN5O4/c1-22(2)18(7-9-28-10-8-18)12-20-15-11-21-23(17(25)16(15)19)13-3-5-14(6-4-13)24(26)27/h3-6,11,20H,7-10,12H2,1-2H3. The average Bonchev–Trinajstić information content (AvgIpc) is 2.70. The highest BCUT2D eigenvalue weighted by molar-refractivity contribution is 6.32. The molecule has 1 fully saturated rings.